The minimum atomic E-state index is -1.14. The molecule has 0 bridgehead atoms. The number of amides is 1. The number of hydrogen-bond donors (Lipinski definition) is 3. The molecule has 1 unspecified atom stereocenters. The first-order chi connectivity index (χ1) is 16.9. The Morgan fingerprint density at radius 3 is 2.69 bits per heavy atom. The number of hydrogen-bond acceptors (Lipinski definition) is 8. The molecule has 2 aromatic heterocycles. The van der Waals surface area contributed by atoms with Crippen molar-refractivity contribution in [1.29, 1.82) is 0 Å². The number of nitrogens with one attached hydrogen (secondary N) is 1. The number of pyridine rings is 1. The van der Waals surface area contributed by atoms with Crippen LogP contribution in [0.2, 0.25) is 0 Å². The number of oxazole rings is 1. The van der Waals surface area contributed by atoms with Crippen LogP contribution in [0.3, 0.4) is 0 Å². The van der Waals surface area contributed by atoms with E-state index in [-0.39, 0.29) is 29.6 Å². The van der Waals surface area contributed by atoms with Gasteiger partial charge in [0.15, 0.2) is 23.0 Å². The van der Waals surface area contributed by atoms with Crippen LogP contribution in [0, 0.1) is 5.92 Å². The average molecular weight is 481 g/mol. The summed E-state index contributed by atoms with van der Waals surface area (Å²) < 4.78 is 17.5. The fourth-order valence-corrected chi connectivity index (χ4v) is 3.40. The number of carbonyl (C=O) groups is 2. The molecule has 184 valence electrons. The Morgan fingerprint density at radius 1 is 1.20 bits per heavy atom. The summed E-state index contributed by atoms with van der Waals surface area (Å²) in [6, 6.07) is 9.34. The van der Waals surface area contributed by atoms with Crippen LogP contribution >= 0.6 is 0 Å². The van der Waals surface area contributed by atoms with E-state index in [2.05, 4.69) is 15.3 Å². The first-order valence-electron chi connectivity index (χ1n) is 11.5. The molecule has 4 rings (SSSR count). The summed E-state index contributed by atoms with van der Waals surface area (Å²) in [5.74, 6) is 0.602. The van der Waals surface area contributed by atoms with Gasteiger partial charge in [-0.3, -0.25) is 4.79 Å². The van der Waals surface area contributed by atoms with Crippen molar-refractivity contribution in [3.05, 3.63) is 59.2 Å². The third kappa shape index (κ3) is 5.96. The van der Waals surface area contributed by atoms with Crippen LogP contribution in [0.1, 0.15) is 65.2 Å². The molecule has 4 N–H and O–H groups in total. The Labute approximate surface area is 202 Å². The molecule has 1 fully saturated rings. The maximum absolute atomic E-state index is 12.9. The molecule has 1 saturated carbocycles. The average Bonchev–Trinajstić information content (AvgIpc) is 3.57. The van der Waals surface area contributed by atoms with E-state index in [1.807, 2.05) is 6.92 Å². The summed E-state index contributed by atoms with van der Waals surface area (Å²) in [4.78, 5) is 32.5. The highest BCUT2D eigenvalue weighted by Crippen LogP contribution is 2.36. The summed E-state index contributed by atoms with van der Waals surface area (Å²) in [6.07, 6.45) is 2.32. The lowest BCUT2D eigenvalue weighted by Crippen LogP contribution is -2.26. The quantitative estimate of drug-likeness (QED) is 0.374. The summed E-state index contributed by atoms with van der Waals surface area (Å²) in [5, 5.41) is 11.8. The van der Waals surface area contributed by atoms with Crippen LogP contribution in [-0.4, -0.2) is 40.2 Å². The van der Waals surface area contributed by atoms with Gasteiger partial charge in [-0.2, -0.15) is 0 Å². The van der Waals surface area contributed by atoms with Gasteiger partial charge >= 0.3 is 5.97 Å². The number of carboxylic acids is 1. The van der Waals surface area contributed by atoms with Crippen LogP contribution in [0.25, 0.3) is 11.5 Å². The number of rotatable bonds is 11. The maximum atomic E-state index is 12.9. The molecule has 0 saturated heterocycles. The largest absolute Gasteiger partial charge is 0.490 e. The van der Waals surface area contributed by atoms with Crippen molar-refractivity contribution in [3.8, 4) is 23.0 Å². The van der Waals surface area contributed by atoms with Crippen molar-refractivity contribution < 1.29 is 28.6 Å². The van der Waals surface area contributed by atoms with Crippen molar-refractivity contribution >= 4 is 11.9 Å². The van der Waals surface area contributed by atoms with Gasteiger partial charge in [0.05, 0.1) is 31.5 Å². The van der Waals surface area contributed by atoms with E-state index in [1.54, 1.807) is 37.3 Å². The molecular weight excluding hydrogens is 452 g/mol. The standard InChI is InChI=1S/C25H28N4O6/c1-3-33-19-10-9-16(11-20(19)34-13-15-7-8-15)24-29-21(22(35-24)14(2)26)23(30)27-12-17-5-4-6-18(28-17)25(31)32/h4-6,9-11,14-15H,3,7-8,12-13,26H2,1-2H3,(H,27,30)(H,31,32). The van der Waals surface area contributed by atoms with Crippen LogP contribution in [0.15, 0.2) is 40.8 Å². The number of nitrogens with two attached hydrogens (primary N) is 1. The highest BCUT2D eigenvalue weighted by Gasteiger charge is 2.25. The number of aromatic nitrogens is 2. The van der Waals surface area contributed by atoms with Gasteiger partial charge in [0.1, 0.15) is 5.69 Å². The van der Waals surface area contributed by atoms with Gasteiger partial charge in [0.2, 0.25) is 5.89 Å². The maximum Gasteiger partial charge on any atom is 0.354 e. The molecule has 0 spiro atoms. The molecule has 0 radical (unpaired) electrons. The Bertz CT molecular complexity index is 1220. The lowest BCUT2D eigenvalue weighted by Gasteiger charge is -2.12. The lowest BCUT2D eigenvalue weighted by molar-refractivity contribution is 0.0690. The number of nitrogens with zero attached hydrogens (tertiary/aromatic N) is 2. The van der Waals surface area contributed by atoms with Crippen molar-refractivity contribution in [2.24, 2.45) is 11.7 Å². The predicted octanol–water partition coefficient (Wildman–Crippen LogP) is 3.57. The summed E-state index contributed by atoms with van der Waals surface area (Å²) in [6.45, 7) is 4.73. The van der Waals surface area contributed by atoms with Crippen molar-refractivity contribution in [2.45, 2.75) is 39.3 Å². The molecule has 0 aliphatic heterocycles. The first kappa shape index (κ1) is 24.2. The zero-order valence-electron chi connectivity index (χ0n) is 19.6. The smallest absolute Gasteiger partial charge is 0.354 e. The summed E-state index contributed by atoms with van der Waals surface area (Å²) in [5.41, 5.74) is 7.02. The number of aromatic carboxylic acids is 1. The van der Waals surface area contributed by atoms with Gasteiger partial charge < -0.3 is 30.0 Å². The van der Waals surface area contributed by atoms with Crippen molar-refractivity contribution in [2.75, 3.05) is 13.2 Å². The molecule has 1 aromatic carbocycles. The molecule has 2 heterocycles. The monoisotopic (exact) mass is 480 g/mol. The Hall–Kier alpha value is -3.92. The van der Waals surface area contributed by atoms with Gasteiger partial charge in [-0.15, -0.1) is 0 Å². The van der Waals surface area contributed by atoms with Gasteiger partial charge in [0.25, 0.3) is 5.91 Å². The molecule has 1 atom stereocenters. The van der Waals surface area contributed by atoms with Crippen molar-refractivity contribution in [1.82, 2.24) is 15.3 Å². The number of carboxylic acid groups (broad SMARTS) is 1. The van der Waals surface area contributed by atoms with Crippen LogP contribution in [-0.2, 0) is 6.54 Å². The summed E-state index contributed by atoms with van der Waals surface area (Å²) in [7, 11) is 0. The highest BCUT2D eigenvalue weighted by molar-refractivity contribution is 5.94. The zero-order valence-corrected chi connectivity index (χ0v) is 19.6. The Balaban J connectivity index is 1.56. The molecule has 1 aliphatic carbocycles. The normalized spacial score (nSPS) is 13.8. The Kier molecular flexibility index (Phi) is 7.31. The third-order valence-electron chi connectivity index (χ3n) is 5.40. The van der Waals surface area contributed by atoms with Crippen LogP contribution < -0.4 is 20.5 Å². The Morgan fingerprint density at radius 2 is 2.00 bits per heavy atom. The van der Waals surface area contributed by atoms with Crippen LogP contribution in [0.4, 0.5) is 0 Å². The minimum Gasteiger partial charge on any atom is -0.490 e. The van der Waals surface area contributed by atoms with Gasteiger partial charge in [-0.25, -0.2) is 14.8 Å². The predicted molar refractivity (Wildman–Crippen MR) is 126 cm³/mol. The van der Waals surface area contributed by atoms with E-state index in [0.29, 0.717) is 41.9 Å². The van der Waals surface area contributed by atoms with Crippen LogP contribution in [0.5, 0.6) is 11.5 Å². The number of carbonyl (C=O) groups excluding carboxylic acids is 1. The molecule has 10 nitrogen and oxygen atoms in total. The van der Waals surface area contributed by atoms with E-state index in [9.17, 15) is 9.59 Å². The van der Waals surface area contributed by atoms with E-state index >= 15 is 0 Å². The van der Waals surface area contributed by atoms with Crippen molar-refractivity contribution in [3.63, 3.8) is 0 Å². The third-order valence-corrected chi connectivity index (χ3v) is 5.40. The molecule has 10 heteroatoms. The number of benzene rings is 1. The van der Waals surface area contributed by atoms with Gasteiger partial charge in [0, 0.05) is 5.56 Å². The first-order valence-corrected chi connectivity index (χ1v) is 11.5. The second-order valence-corrected chi connectivity index (χ2v) is 8.37. The molecule has 3 aromatic rings. The van der Waals surface area contributed by atoms with E-state index < -0.39 is 17.9 Å². The molecule has 35 heavy (non-hydrogen) atoms. The lowest BCUT2D eigenvalue weighted by atomic mass is 10.2. The second kappa shape index (κ2) is 10.6. The number of ether oxygens (including phenoxy) is 2. The van der Waals surface area contributed by atoms with Gasteiger partial charge in [-0.05, 0) is 62.9 Å². The minimum absolute atomic E-state index is 0.0166. The molecular formula is C25H28N4O6. The van der Waals surface area contributed by atoms with E-state index in [4.69, 9.17) is 24.7 Å². The fraction of sp³-hybridized carbons (Fsp3) is 0.360. The highest BCUT2D eigenvalue weighted by atomic mass is 16.5. The second-order valence-electron chi connectivity index (χ2n) is 8.37. The fourth-order valence-electron chi connectivity index (χ4n) is 3.40. The summed E-state index contributed by atoms with van der Waals surface area (Å²) >= 11 is 0. The molecule has 1 aliphatic rings. The van der Waals surface area contributed by atoms with E-state index in [1.165, 1.54) is 6.07 Å². The SMILES string of the molecule is CCOc1ccc(-c2nc(C(=O)NCc3cccc(C(=O)O)n3)c(C(C)N)o2)cc1OCC1CC1. The zero-order chi connectivity index (χ0) is 24.9. The van der Waals surface area contributed by atoms with Gasteiger partial charge in [-0.1, -0.05) is 6.07 Å². The topological polar surface area (TPSA) is 150 Å². The van der Waals surface area contributed by atoms with E-state index in [0.717, 1.165) is 12.8 Å². The molecule has 1 amide bonds.